The molecule has 0 spiro atoms. The van der Waals surface area contributed by atoms with E-state index in [0.29, 0.717) is 6.07 Å². The average molecular weight is 336 g/mol. The Labute approximate surface area is 136 Å². The van der Waals surface area contributed by atoms with Gasteiger partial charge in [-0.2, -0.15) is 0 Å². The van der Waals surface area contributed by atoms with Crippen molar-refractivity contribution in [1.29, 1.82) is 0 Å². The third-order valence-corrected chi connectivity index (χ3v) is 3.26. The molecule has 0 saturated carbocycles. The second-order valence-corrected chi connectivity index (χ2v) is 4.93. The summed E-state index contributed by atoms with van der Waals surface area (Å²) in [6.07, 6.45) is 0. The van der Waals surface area contributed by atoms with Gasteiger partial charge in [0.2, 0.25) is 0 Å². The fraction of sp³-hybridized carbons (Fsp3) is 0.188. The lowest BCUT2D eigenvalue weighted by atomic mass is 10.1. The SMILES string of the molecule is CN(CCOc1ccccc1F)C(=O)c1ccc([N+](=O)[O-])cc1F. The van der Waals surface area contributed by atoms with Gasteiger partial charge in [-0.25, -0.2) is 8.78 Å². The molecule has 1 amide bonds. The lowest BCUT2D eigenvalue weighted by Crippen LogP contribution is -2.31. The Morgan fingerprint density at radius 1 is 1.21 bits per heavy atom. The van der Waals surface area contributed by atoms with Gasteiger partial charge in [-0.15, -0.1) is 0 Å². The first-order valence-electron chi connectivity index (χ1n) is 6.97. The standard InChI is InChI=1S/C16H14F2N2O4/c1-19(8-9-24-15-5-3-2-4-13(15)17)16(21)12-7-6-11(20(22)23)10-14(12)18/h2-7,10H,8-9H2,1H3. The van der Waals surface area contributed by atoms with Crippen LogP contribution in [0.25, 0.3) is 0 Å². The van der Waals surface area contributed by atoms with E-state index in [0.717, 1.165) is 12.1 Å². The molecule has 6 nitrogen and oxygen atoms in total. The molecule has 0 radical (unpaired) electrons. The molecular weight excluding hydrogens is 322 g/mol. The summed E-state index contributed by atoms with van der Waals surface area (Å²) < 4.78 is 32.4. The van der Waals surface area contributed by atoms with Crippen molar-refractivity contribution < 1.29 is 23.2 Å². The van der Waals surface area contributed by atoms with Gasteiger partial charge in [0.1, 0.15) is 12.4 Å². The topological polar surface area (TPSA) is 72.7 Å². The molecule has 8 heteroatoms. The highest BCUT2D eigenvalue weighted by Crippen LogP contribution is 2.18. The quantitative estimate of drug-likeness (QED) is 0.600. The van der Waals surface area contributed by atoms with E-state index < -0.39 is 28.2 Å². The molecule has 0 aliphatic rings. The number of carbonyl (C=O) groups excluding carboxylic acids is 1. The molecule has 2 aromatic rings. The number of rotatable bonds is 6. The zero-order valence-corrected chi connectivity index (χ0v) is 12.7. The molecule has 0 N–H and O–H groups in total. The molecule has 0 bridgehead atoms. The number of non-ortho nitro benzene ring substituents is 1. The van der Waals surface area contributed by atoms with Crippen molar-refractivity contribution in [2.75, 3.05) is 20.2 Å². The van der Waals surface area contributed by atoms with Crippen LogP contribution in [-0.4, -0.2) is 35.9 Å². The van der Waals surface area contributed by atoms with Crippen LogP contribution in [-0.2, 0) is 0 Å². The number of para-hydroxylation sites is 1. The molecule has 24 heavy (non-hydrogen) atoms. The Hall–Kier alpha value is -3.03. The average Bonchev–Trinajstić information content (AvgIpc) is 2.55. The molecule has 126 valence electrons. The van der Waals surface area contributed by atoms with Gasteiger partial charge in [0.05, 0.1) is 23.1 Å². The molecular formula is C16H14F2N2O4. The number of ether oxygens (including phenoxy) is 1. The van der Waals surface area contributed by atoms with Gasteiger partial charge in [0.15, 0.2) is 11.6 Å². The molecule has 0 aromatic heterocycles. The Balaban J connectivity index is 1.97. The summed E-state index contributed by atoms with van der Waals surface area (Å²) in [7, 11) is 1.42. The first-order chi connectivity index (χ1) is 11.4. The second kappa shape index (κ2) is 7.49. The molecule has 0 atom stereocenters. The van der Waals surface area contributed by atoms with E-state index in [2.05, 4.69) is 0 Å². The summed E-state index contributed by atoms with van der Waals surface area (Å²) in [5.74, 6) is -2.09. The predicted molar refractivity (Wildman–Crippen MR) is 81.9 cm³/mol. The third kappa shape index (κ3) is 4.03. The van der Waals surface area contributed by atoms with Crippen LogP contribution in [0.4, 0.5) is 14.5 Å². The second-order valence-electron chi connectivity index (χ2n) is 4.93. The summed E-state index contributed by atoms with van der Waals surface area (Å²) in [6.45, 7) is 0.0986. The van der Waals surface area contributed by atoms with Crippen LogP contribution in [0.5, 0.6) is 5.75 Å². The first-order valence-corrected chi connectivity index (χ1v) is 6.97. The highest BCUT2D eigenvalue weighted by molar-refractivity contribution is 5.94. The summed E-state index contributed by atoms with van der Waals surface area (Å²) >= 11 is 0. The Kier molecular flexibility index (Phi) is 5.41. The van der Waals surface area contributed by atoms with Crippen LogP contribution in [0.15, 0.2) is 42.5 Å². The van der Waals surface area contributed by atoms with Crippen molar-refractivity contribution >= 4 is 11.6 Å². The number of nitrogens with zero attached hydrogens (tertiary/aromatic N) is 2. The number of carbonyl (C=O) groups is 1. The minimum atomic E-state index is -0.976. The van der Waals surface area contributed by atoms with E-state index in [4.69, 9.17) is 4.74 Å². The fourth-order valence-electron chi connectivity index (χ4n) is 1.95. The van der Waals surface area contributed by atoms with Crippen LogP contribution in [0.3, 0.4) is 0 Å². The van der Waals surface area contributed by atoms with Gasteiger partial charge in [0.25, 0.3) is 11.6 Å². The van der Waals surface area contributed by atoms with Crippen LogP contribution in [0, 0.1) is 21.7 Å². The number of nitro benzene ring substituents is 1. The van der Waals surface area contributed by atoms with Gasteiger partial charge in [0, 0.05) is 13.1 Å². The highest BCUT2D eigenvalue weighted by atomic mass is 19.1. The molecule has 0 heterocycles. The fourth-order valence-corrected chi connectivity index (χ4v) is 1.95. The van der Waals surface area contributed by atoms with Crippen LogP contribution in [0.1, 0.15) is 10.4 Å². The zero-order valence-electron chi connectivity index (χ0n) is 12.7. The molecule has 0 fully saturated rings. The van der Waals surface area contributed by atoms with Crippen LogP contribution >= 0.6 is 0 Å². The lowest BCUT2D eigenvalue weighted by molar-refractivity contribution is -0.385. The summed E-state index contributed by atoms with van der Waals surface area (Å²) in [5, 5.41) is 10.6. The lowest BCUT2D eigenvalue weighted by Gasteiger charge is -2.18. The van der Waals surface area contributed by atoms with Crippen molar-refractivity contribution in [2.45, 2.75) is 0 Å². The highest BCUT2D eigenvalue weighted by Gasteiger charge is 2.19. The number of benzene rings is 2. The smallest absolute Gasteiger partial charge is 0.272 e. The monoisotopic (exact) mass is 336 g/mol. The molecule has 2 aromatic carbocycles. The number of hydrogen-bond donors (Lipinski definition) is 0. The Morgan fingerprint density at radius 2 is 1.92 bits per heavy atom. The van der Waals surface area contributed by atoms with Crippen molar-refractivity contribution in [1.82, 2.24) is 4.90 Å². The van der Waals surface area contributed by atoms with Crippen LogP contribution in [0.2, 0.25) is 0 Å². The van der Waals surface area contributed by atoms with Crippen molar-refractivity contribution in [3.63, 3.8) is 0 Å². The van der Waals surface area contributed by atoms with Gasteiger partial charge in [-0.3, -0.25) is 14.9 Å². The van der Waals surface area contributed by atoms with Crippen molar-refractivity contribution in [3.05, 3.63) is 69.8 Å². The molecule has 0 unspecified atom stereocenters. The van der Waals surface area contributed by atoms with E-state index in [1.807, 2.05) is 0 Å². The number of likely N-dealkylation sites (N-methyl/N-ethyl adjacent to an activating group) is 1. The molecule has 0 aliphatic carbocycles. The summed E-state index contributed by atoms with van der Waals surface area (Å²) in [4.78, 5) is 23.1. The van der Waals surface area contributed by atoms with E-state index in [-0.39, 0.29) is 24.5 Å². The van der Waals surface area contributed by atoms with E-state index in [1.54, 1.807) is 6.07 Å². The Morgan fingerprint density at radius 3 is 2.54 bits per heavy atom. The number of hydrogen-bond acceptors (Lipinski definition) is 4. The predicted octanol–water partition coefficient (Wildman–Crippen LogP) is 3.02. The maximum absolute atomic E-state index is 13.8. The molecule has 0 saturated heterocycles. The number of halogens is 2. The van der Waals surface area contributed by atoms with Gasteiger partial charge in [-0.1, -0.05) is 12.1 Å². The number of amides is 1. The van der Waals surface area contributed by atoms with Gasteiger partial charge >= 0.3 is 0 Å². The van der Waals surface area contributed by atoms with Crippen molar-refractivity contribution in [2.24, 2.45) is 0 Å². The van der Waals surface area contributed by atoms with Crippen LogP contribution < -0.4 is 4.74 Å². The largest absolute Gasteiger partial charge is 0.489 e. The first kappa shape index (κ1) is 17.3. The van der Waals surface area contributed by atoms with E-state index in [9.17, 15) is 23.7 Å². The normalized spacial score (nSPS) is 10.3. The minimum Gasteiger partial charge on any atom is -0.489 e. The third-order valence-electron chi connectivity index (χ3n) is 3.26. The van der Waals surface area contributed by atoms with E-state index >= 15 is 0 Å². The summed E-state index contributed by atoms with van der Waals surface area (Å²) in [5.41, 5.74) is -0.719. The van der Waals surface area contributed by atoms with Gasteiger partial charge in [-0.05, 0) is 18.2 Å². The zero-order chi connectivity index (χ0) is 17.7. The Bertz CT molecular complexity index is 767. The van der Waals surface area contributed by atoms with Crippen molar-refractivity contribution in [3.8, 4) is 5.75 Å². The number of nitro groups is 1. The van der Waals surface area contributed by atoms with E-state index in [1.165, 1.54) is 30.1 Å². The van der Waals surface area contributed by atoms with Gasteiger partial charge < -0.3 is 9.64 Å². The molecule has 2 rings (SSSR count). The maximum atomic E-state index is 13.8. The maximum Gasteiger partial charge on any atom is 0.272 e. The minimum absolute atomic E-state index is 0.0117. The summed E-state index contributed by atoms with van der Waals surface area (Å²) in [6, 6.07) is 8.64. The molecule has 0 aliphatic heterocycles.